The molecule has 0 spiro atoms. The Kier molecular flexibility index (Phi) is 5.89. The summed E-state index contributed by atoms with van der Waals surface area (Å²) >= 11 is 0. The zero-order valence-electron chi connectivity index (χ0n) is 14.2. The molecule has 0 saturated carbocycles. The van der Waals surface area contributed by atoms with Crippen molar-refractivity contribution in [3.63, 3.8) is 0 Å². The second-order valence-corrected chi connectivity index (χ2v) is 5.61. The zero-order chi connectivity index (χ0) is 17.5. The number of hydrogen-bond donors (Lipinski definition) is 1. The number of guanidine groups is 1. The van der Waals surface area contributed by atoms with Gasteiger partial charge >= 0.3 is 0 Å². The van der Waals surface area contributed by atoms with Crippen LogP contribution in [-0.2, 0) is 13.1 Å². The monoisotopic (exact) mass is 326 g/mol. The first-order valence-corrected chi connectivity index (χ1v) is 7.71. The van der Waals surface area contributed by atoms with Crippen LogP contribution in [0.25, 0.3) is 0 Å². The van der Waals surface area contributed by atoms with Gasteiger partial charge in [0.2, 0.25) is 0 Å². The molecular formula is C18H22N4O2. The number of nitro benzene ring substituents is 1. The first-order chi connectivity index (χ1) is 11.5. The number of aryl methyl sites for hydroxylation is 1. The Hall–Kier alpha value is -2.89. The Balaban J connectivity index is 1.96. The third-order valence-corrected chi connectivity index (χ3v) is 3.84. The van der Waals surface area contributed by atoms with Crippen LogP contribution in [0, 0.1) is 17.0 Å². The van der Waals surface area contributed by atoms with Crippen LogP contribution in [0.3, 0.4) is 0 Å². The summed E-state index contributed by atoms with van der Waals surface area (Å²) in [7, 11) is 3.73. The summed E-state index contributed by atoms with van der Waals surface area (Å²) in [4.78, 5) is 16.6. The highest BCUT2D eigenvalue weighted by Gasteiger charge is 2.09. The number of non-ortho nitro benzene ring substituents is 1. The minimum atomic E-state index is -0.397. The Labute approximate surface area is 142 Å². The van der Waals surface area contributed by atoms with Crippen LogP contribution >= 0.6 is 0 Å². The fraction of sp³-hybridized carbons (Fsp3) is 0.278. The van der Waals surface area contributed by atoms with Crippen molar-refractivity contribution >= 4 is 11.6 Å². The van der Waals surface area contributed by atoms with E-state index in [4.69, 9.17) is 0 Å². The smallest absolute Gasteiger partial charge is 0.269 e. The molecule has 2 aromatic rings. The van der Waals surface area contributed by atoms with Crippen LogP contribution in [0.15, 0.2) is 53.5 Å². The van der Waals surface area contributed by atoms with E-state index in [1.54, 1.807) is 19.2 Å². The third-order valence-electron chi connectivity index (χ3n) is 3.84. The first kappa shape index (κ1) is 17.5. The van der Waals surface area contributed by atoms with Gasteiger partial charge in [-0.05, 0) is 23.6 Å². The molecular weight excluding hydrogens is 304 g/mol. The number of rotatable bonds is 5. The summed E-state index contributed by atoms with van der Waals surface area (Å²) in [6, 6.07) is 14.8. The standard InChI is InChI=1S/C18H22N4O2/c1-14-6-4-5-7-16(14)13-21(3)18(19-2)20-12-15-8-10-17(11-9-15)22(23)24/h4-11H,12-13H2,1-3H3,(H,19,20). The summed E-state index contributed by atoms with van der Waals surface area (Å²) in [6.07, 6.45) is 0. The maximum Gasteiger partial charge on any atom is 0.269 e. The summed E-state index contributed by atoms with van der Waals surface area (Å²) in [6.45, 7) is 3.41. The topological polar surface area (TPSA) is 70.8 Å². The predicted molar refractivity (Wildman–Crippen MR) is 95.9 cm³/mol. The van der Waals surface area contributed by atoms with Crippen LogP contribution in [0.4, 0.5) is 5.69 Å². The molecule has 0 bridgehead atoms. The van der Waals surface area contributed by atoms with Gasteiger partial charge in [-0.1, -0.05) is 36.4 Å². The fourth-order valence-corrected chi connectivity index (χ4v) is 2.42. The zero-order valence-corrected chi connectivity index (χ0v) is 14.2. The van der Waals surface area contributed by atoms with E-state index in [-0.39, 0.29) is 5.69 Å². The number of nitrogens with one attached hydrogen (secondary N) is 1. The molecule has 6 heteroatoms. The van der Waals surface area contributed by atoms with Gasteiger partial charge in [-0.15, -0.1) is 0 Å². The molecule has 0 aliphatic heterocycles. The molecule has 2 aromatic carbocycles. The van der Waals surface area contributed by atoms with Crippen molar-refractivity contribution in [2.45, 2.75) is 20.0 Å². The van der Waals surface area contributed by atoms with Gasteiger partial charge in [0.25, 0.3) is 5.69 Å². The van der Waals surface area contributed by atoms with E-state index in [0.29, 0.717) is 6.54 Å². The number of aliphatic imine (C=N–C) groups is 1. The molecule has 0 radical (unpaired) electrons. The fourth-order valence-electron chi connectivity index (χ4n) is 2.42. The van der Waals surface area contributed by atoms with E-state index in [1.165, 1.54) is 23.3 Å². The normalized spacial score (nSPS) is 11.2. The summed E-state index contributed by atoms with van der Waals surface area (Å²) in [5, 5.41) is 14.0. The average molecular weight is 326 g/mol. The predicted octanol–water partition coefficient (Wildman–Crippen LogP) is 3.11. The molecule has 0 amide bonds. The average Bonchev–Trinajstić information content (AvgIpc) is 2.58. The SMILES string of the molecule is CN=C(NCc1ccc([N+](=O)[O-])cc1)N(C)Cc1ccccc1C. The molecule has 0 saturated heterocycles. The van der Waals surface area contributed by atoms with Crippen molar-refractivity contribution in [3.8, 4) is 0 Å². The number of nitrogens with zero attached hydrogens (tertiary/aromatic N) is 3. The Morgan fingerprint density at radius 3 is 2.46 bits per heavy atom. The molecule has 0 aliphatic carbocycles. The molecule has 1 N–H and O–H groups in total. The van der Waals surface area contributed by atoms with Gasteiger partial charge in [-0.3, -0.25) is 15.1 Å². The van der Waals surface area contributed by atoms with Crippen molar-refractivity contribution in [2.24, 2.45) is 4.99 Å². The van der Waals surface area contributed by atoms with E-state index in [1.807, 2.05) is 24.1 Å². The van der Waals surface area contributed by atoms with Crippen LogP contribution in [-0.4, -0.2) is 29.9 Å². The van der Waals surface area contributed by atoms with E-state index in [2.05, 4.69) is 29.4 Å². The minimum Gasteiger partial charge on any atom is -0.352 e. The number of hydrogen-bond acceptors (Lipinski definition) is 3. The van der Waals surface area contributed by atoms with Crippen molar-refractivity contribution in [2.75, 3.05) is 14.1 Å². The highest BCUT2D eigenvalue weighted by atomic mass is 16.6. The molecule has 0 aromatic heterocycles. The van der Waals surface area contributed by atoms with Crippen LogP contribution < -0.4 is 5.32 Å². The molecule has 2 rings (SSSR count). The summed E-state index contributed by atoms with van der Waals surface area (Å²) in [5.41, 5.74) is 3.55. The third kappa shape index (κ3) is 4.55. The lowest BCUT2D eigenvalue weighted by Crippen LogP contribution is -2.38. The maximum atomic E-state index is 10.7. The quantitative estimate of drug-likeness (QED) is 0.397. The van der Waals surface area contributed by atoms with Crippen molar-refractivity contribution in [1.82, 2.24) is 10.2 Å². The molecule has 0 fully saturated rings. The maximum absolute atomic E-state index is 10.7. The Bertz CT molecular complexity index is 726. The van der Waals surface area contributed by atoms with Gasteiger partial charge < -0.3 is 10.2 Å². The second-order valence-electron chi connectivity index (χ2n) is 5.61. The molecule has 0 unspecified atom stereocenters. The van der Waals surface area contributed by atoms with Crippen molar-refractivity contribution in [3.05, 3.63) is 75.3 Å². The van der Waals surface area contributed by atoms with Gasteiger partial charge in [0, 0.05) is 39.3 Å². The molecule has 6 nitrogen and oxygen atoms in total. The summed E-state index contributed by atoms with van der Waals surface area (Å²) in [5.74, 6) is 0.775. The van der Waals surface area contributed by atoms with Crippen LogP contribution in [0.1, 0.15) is 16.7 Å². The van der Waals surface area contributed by atoms with Gasteiger partial charge in [-0.2, -0.15) is 0 Å². The lowest BCUT2D eigenvalue weighted by Gasteiger charge is -2.23. The van der Waals surface area contributed by atoms with E-state index in [0.717, 1.165) is 18.1 Å². The highest BCUT2D eigenvalue weighted by molar-refractivity contribution is 5.79. The van der Waals surface area contributed by atoms with Crippen molar-refractivity contribution < 1.29 is 4.92 Å². The number of nitro groups is 1. The van der Waals surface area contributed by atoms with Crippen LogP contribution in [0.5, 0.6) is 0 Å². The van der Waals surface area contributed by atoms with Gasteiger partial charge in [0.15, 0.2) is 5.96 Å². The molecule has 24 heavy (non-hydrogen) atoms. The van der Waals surface area contributed by atoms with Crippen LogP contribution in [0.2, 0.25) is 0 Å². The molecule has 0 atom stereocenters. The Morgan fingerprint density at radius 1 is 1.21 bits per heavy atom. The minimum absolute atomic E-state index is 0.0970. The van der Waals surface area contributed by atoms with E-state index in [9.17, 15) is 10.1 Å². The van der Waals surface area contributed by atoms with E-state index < -0.39 is 4.92 Å². The van der Waals surface area contributed by atoms with Crippen molar-refractivity contribution in [1.29, 1.82) is 0 Å². The lowest BCUT2D eigenvalue weighted by molar-refractivity contribution is -0.384. The first-order valence-electron chi connectivity index (χ1n) is 7.71. The summed E-state index contributed by atoms with van der Waals surface area (Å²) < 4.78 is 0. The molecule has 0 heterocycles. The number of benzene rings is 2. The van der Waals surface area contributed by atoms with E-state index >= 15 is 0 Å². The lowest BCUT2D eigenvalue weighted by atomic mass is 10.1. The highest BCUT2D eigenvalue weighted by Crippen LogP contribution is 2.12. The second kappa shape index (κ2) is 8.10. The van der Waals surface area contributed by atoms with Gasteiger partial charge in [0.1, 0.15) is 0 Å². The molecule has 0 aliphatic rings. The van der Waals surface area contributed by atoms with Gasteiger partial charge in [-0.25, -0.2) is 0 Å². The molecule has 126 valence electrons. The van der Waals surface area contributed by atoms with Gasteiger partial charge in [0.05, 0.1) is 4.92 Å². The largest absolute Gasteiger partial charge is 0.352 e. The Morgan fingerprint density at radius 2 is 1.88 bits per heavy atom.